The second-order valence-electron chi connectivity index (χ2n) is 4.66. The molecule has 0 N–H and O–H groups in total. The zero-order valence-electron chi connectivity index (χ0n) is 12.4. The highest BCUT2D eigenvalue weighted by Gasteiger charge is 2.11. The number of hydrogen-bond donors (Lipinski definition) is 0. The van der Waals surface area contributed by atoms with Crippen LogP contribution in [0, 0.1) is 0 Å². The van der Waals surface area contributed by atoms with Crippen LogP contribution in [0.4, 0.5) is 0 Å². The van der Waals surface area contributed by atoms with Crippen LogP contribution in [0.2, 0.25) is 0 Å². The van der Waals surface area contributed by atoms with E-state index in [9.17, 15) is 0 Å². The third-order valence-corrected chi connectivity index (χ3v) is 2.92. The standard InChI is InChI=1S/C16H30O2/c1-5-7-9-11-13-17-15(3)16(4)18-14-12-10-8-6-2/h5,10,12,15-16H,1,6-9,11,13-14H2,2-4H3. The summed E-state index contributed by atoms with van der Waals surface area (Å²) in [6.45, 7) is 11.5. The van der Waals surface area contributed by atoms with Crippen molar-refractivity contribution in [1.82, 2.24) is 0 Å². The van der Waals surface area contributed by atoms with Gasteiger partial charge in [0.15, 0.2) is 0 Å². The van der Waals surface area contributed by atoms with Gasteiger partial charge < -0.3 is 9.47 Å². The van der Waals surface area contributed by atoms with Gasteiger partial charge in [-0.15, -0.1) is 6.58 Å². The molecule has 0 spiro atoms. The Hall–Kier alpha value is -0.600. The van der Waals surface area contributed by atoms with Gasteiger partial charge >= 0.3 is 0 Å². The molecule has 0 bridgehead atoms. The fourth-order valence-electron chi connectivity index (χ4n) is 1.49. The summed E-state index contributed by atoms with van der Waals surface area (Å²) >= 11 is 0. The summed E-state index contributed by atoms with van der Waals surface area (Å²) in [4.78, 5) is 0. The van der Waals surface area contributed by atoms with E-state index in [1.54, 1.807) is 0 Å². The molecule has 18 heavy (non-hydrogen) atoms. The van der Waals surface area contributed by atoms with Gasteiger partial charge in [-0.1, -0.05) is 31.6 Å². The fourth-order valence-corrected chi connectivity index (χ4v) is 1.49. The van der Waals surface area contributed by atoms with Crippen molar-refractivity contribution in [2.24, 2.45) is 0 Å². The number of allylic oxidation sites excluding steroid dienone is 2. The first-order chi connectivity index (χ1) is 8.72. The molecule has 0 aromatic heterocycles. The highest BCUT2D eigenvalue weighted by molar-refractivity contribution is 4.81. The highest BCUT2D eigenvalue weighted by atomic mass is 16.5. The Balaban J connectivity index is 3.50. The van der Waals surface area contributed by atoms with Crippen molar-refractivity contribution >= 4 is 0 Å². The lowest BCUT2D eigenvalue weighted by Crippen LogP contribution is -2.26. The van der Waals surface area contributed by atoms with Crippen LogP contribution in [0.3, 0.4) is 0 Å². The van der Waals surface area contributed by atoms with E-state index in [0.29, 0.717) is 6.61 Å². The third kappa shape index (κ3) is 10.5. The molecule has 0 saturated heterocycles. The van der Waals surface area contributed by atoms with Crippen LogP contribution in [-0.4, -0.2) is 25.4 Å². The van der Waals surface area contributed by atoms with Crippen LogP contribution in [0.15, 0.2) is 24.8 Å². The quantitative estimate of drug-likeness (QED) is 0.377. The second kappa shape index (κ2) is 12.8. The molecule has 2 nitrogen and oxygen atoms in total. The molecule has 2 atom stereocenters. The zero-order chi connectivity index (χ0) is 13.6. The maximum absolute atomic E-state index is 5.75. The Labute approximate surface area is 113 Å². The van der Waals surface area contributed by atoms with Gasteiger partial charge in [0.05, 0.1) is 18.8 Å². The molecular formula is C16H30O2. The number of ether oxygens (including phenoxy) is 2. The molecule has 106 valence electrons. The van der Waals surface area contributed by atoms with Crippen LogP contribution in [-0.2, 0) is 9.47 Å². The van der Waals surface area contributed by atoms with Crippen LogP contribution >= 0.6 is 0 Å². The number of hydrogen-bond acceptors (Lipinski definition) is 2. The molecule has 0 amide bonds. The first-order valence-corrected chi connectivity index (χ1v) is 7.21. The van der Waals surface area contributed by atoms with E-state index in [0.717, 1.165) is 32.3 Å². The van der Waals surface area contributed by atoms with E-state index in [1.165, 1.54) is 6.42 Å². The van der Waals surface area contributed by atoms with Crippen LogP contribution < -0.4 is 0 Å². The molecule has 0 aromatic carbocycles. The maximum atomic E-state index is 5.75. The topological polar surface area (TPSA) is 18.5 Å². The maximum Gasteiger partial charge on any atom is 0.0810 e. The monoisotopic (exact) mass is 254 g/mol. The van der Waals surface area contributed by atoms with Crippen molar-refractivity contribution in [3.8, 4) is 0 Å². The Kier molecular flexibility index (Phi) is 12.4. The molecule has 2 unspecified atom stereocenters. The summed E-state index contributed by atoms with van der Waals surface area (Å²) in [5.41, 5.74) is 0. The molecule has 0 rings (SSSR count). The van der Waals surface area contributed by atoms with Gasteiger partial charge in [0, 0.05) is 6.61 Å². The van der Waals surface area contributed by atoms with Crippen molar-refractivity contribution in [1.29, 1.82) is 0 Å². The lowest BCUT2D eigenvalue weighted by Gasteiger charge is -2.20. The van der Waals surface area contributed by atoms with Crippen molar-refractivity contribution in [3.63, 3.8) is 0 Å². The summed E-state index contributed by atoms with van der Waals surface area (Å²) in [5, 5.41) is 0. The van der Waals surface area contributed by atoms with E-state index in [4.69, 9.17) is 9.47 Å². The van der Waals surface area contributed by atoms with Gasteiger partial charge in [-0.25, -0.2) is 0 Å². The van der Waals surface area contributed by atoms with E-state index in [1.807, 2.05) is 6.08 Å². The smallest absolute Gasteiger partial charge is 0.0810 e. The third-order valence-electron chi connectivity index (χ3n) is 2.92. The summed E-state index contributed by atoms with van der Waals surface area (Å²) in [7, 11) is 0. The van der Waals surface area contributed by atoms with Crippen LogP contribution in [0.25, 0.3) is 0 Å². The SMILES string of the molecule is C=CCCCCOC(C)C(C)OCC=CCCC. The predicted molar refractivity (Wildman–Crippen MR) is 78.9 cm³/mol. The summed E-state index contributed by atoms with van der Waals surface area (Å²) in [6.07, 6.45) is 12.2. The summed E-state index contributed by atoms with van der Waals surface area (Å²) < 4.78 is 11.4. The Morgan fingerprint density at radius 1 is 1.00 bits per heavy atom. The molecule has 0 aliphatic heterocycles. The van der Waals surface area contributed by atoms with E-state index in [-0.39, 0.29) is 12.2 Å². The molecule has 2 heteroatoms. The largest absolute Gasteiger partial charge is 0.376 e. The molecule has 0 saturated carbocycles. The van der Waals surface area contributed by atoms with Crippen molar-refractivity contribution in [3.05, 3.63) is 24.8 Å². The molecule has 0 aromatic rings. The van der Waals surface area contributed by atoms with Crippen molar-refractivity contribution in [2.45, 2.75) is 65.1 Å². The van der Waals surface area contributed by atoms with Gasteiger partial charge in [0.2, 0.25) is 0 Å². The van der Waals surface area contributed by atoms with Crippen molar-refractivity contribution < 1.29 is 9.47 Å². The molecule has 0 radical (unpaired) electrons. The average molecular weight is 254 g/mol. The number of rotatable bonds is 12. The van der Waals surface area contributed by atoms with Gasteiger partial charge in [0.1, 0.15) is 0 Å². The molecular weight excluding hydrogens is 224 g/mol. The lowest BCUT2D eigenvalue weighted by atomic mass is 10.2. The minimum absolute atomic E-state index is 0.149. The first-order valence-electron chi connectivity index (χ1n) is 7.21. The van der Waals surface area contributed by atoms with Crippen molar-refractivity contribution in [2.75, 3.05) is 13.2 Å². The molecule has 0 aliphatic rings. The summed E-state index contributed by atoms with van der Waals surface area (Å²) in [5.74, 6) is 0. The van der Waals surface area contributed by atoms with Crippen LogP contribution in [0.1, 0.15) is 52.9 Å². The Morgan fingerprint density at radius 3 is 2.39 bits per heavy atom. The second-order valence-corrected chi connectivity index (χ2v) is 4.66. The lowest BCUT2D eigenvalue weighted by molar-refractivity contribution is -0.0491. The van der Waals surface area contributed by atoms with Gasteiger partial charge in [-0.3, -0.25) is 0 Å². The van der Waals surface area contributed by atoms with Crippen LogP contribution in [0.5, 0.6) is 0 Å². The summed E-state index contributed by atoms with van der Waals surface area (Å²) in [6, 6.07) is 0. The predicted octanol–water partition coefficient (Wildman–Crippen LogP) is 4.51. The molecule has 0 fully saturated rings. The van der Waals surface area contributed by atoms with E-state index in [2.05, 4.69) is 39.5 Å². The fraction of sp³-hybridized carbons (Fsp3) is 0.750. The highest BCUT2D eigenvalue weighted by Crippen LogP contribution is 2.05. The molecule has 0 aliphatic carbocycles. The van der Waals surface area contributed by atoms with Gasteiger partial charge in [-0.2, -0.15) is 0 Å². The first kappa shape index (κ1) is 17.4. The normalized spacial score (nSPS) is 14.8. The average Bonchev–Trinajstić information content (AvgIpc) is 2.37. The van der Waals surface area contributed by atoms with E-state index < -0.39 is 0 Å². The zero-order valence-corrected chi connectivity index (χ0v) is 12.4. The Morgan fingerprint density at radius 2 is 1.72 bits per heavy atom. The number of unbranched alkanes of at least 4 members (excludes halogenated alkanes) is 3. The minimum Gasteiger partial charge on any atom is -0.376 e. The minimum atomic E-state index is 0.149. The Bertz CT molecular complexity index is 211. The van der Waals surface area contributed by atoms with E-state index >= 15 is 0 Å². The molecule has 0 heterocycles. The van der Waals surface area contributed by atoms with Gasteiger partial charge in [-0.05, 0) is 39.5 Å². The van der Waals surface area contributed by atoms with Gasteiger partial charge in [0.25, 0.3) is 0 Å².